The Kier molecular flexibility index (Phi) is 7.34. The van der Waals surface area contributed by atoms with Crippen molar-refractivity contribution in [3.63, 3.8) is 0 Å². The summed E-state index contributed by atoms with van der Waals surface area (Å²) >= 11 is 1.66. The van der Waals surface area contributed by atoms with Crippen molar-refractivity contribution >= 4 is 35.2 Å². The molecule has 0 aromatic heterocycles. The van der Waals surface area contributed by atoms with Gasteiger partial charge in [-0.3, -0.25) is 19.3 Å². The average molecular weight is 503 g/mol. The Bertz CT molecular complexity index is 943. The number of thioether (sulfide) groups is 1. The van der Waals surface area contributed by atoms with E-state index >= 15 is 0 Å². The first-order chi connectivity index (χ1) is 17.0. The third kappa shape index (κ3) is 4.57. The molecule has 4 fully saturated rings. The molecule has 2 unspecified atom stereocenters. The van der Waals surface area contributed by atoms with Crippen LogP contribution in [0.15, 0.2) is 30.3 Å². The highest BCUT2D eigenvalue weighted by Gasteiger charge is 2.73. The fourth-order valence-electron chi connectivity index (χ4n) is 6.24. The molecule has 35 heavy (non-hydrogen) atoms. The van der Waals surface area contributed by atoms with Crippen molar-refractivity contribution < 1.29 is 24.2 Å². The second kappa shape index (κ2) is 10.5. The predicted molar refractivity (Wildman–Crippen MR) is 133 cm³/mol. The first kappa shape index (κ1) is 24.5. The van der Waals surface area contributed by atoms with Crippen LogP contribution in [0.2, 0.25) is 0 Å². The Morgan fingerprint density at radius 2 is 1.91 bits per heavy atom. The summed E-state index contributed by atoms with van der Waals surface area (Å²) in [6, 6.07) is 8.66. The molecular weight excluding hydrogens is 468 g/mol. The van der Waals surface area contributed by atoms with Crippen molar-refractivity contribution in [3.05, 3.63) is 30.3 Å². The topological polar surface area (TPSA) is 111 Å². The molecule has 3 amide bonds. The van der Waals surface area contributed by atoms with Crippen LogP contribution < -0.4 is 10.6 Å². The van der Waals surface area contributed by atoms with E-state index in [4.69, 9.17) is 4.74 Å². The second-order valence-electron chi connectivity index (χ2n) is 9.77. The largest absolute Gasteiger partial charge is 0.396 e. The number of rotatable bonds is 9. The molecule has 0 radical (unpaired) electrons. The zero-order valence-corrected chi connectivity index (χ0v) is 20.7. The number of likely N-dealkylation sites (tertiary alicyclic amines) is 1. The highest BCUT2D eigenvalue weighted by Crippen LogP contribution is 2.66. The van der Waals surface area contributed by atoms with Crippen LogP contribution in [-0.2, 0) is 19.1 Å². The van der Waals surface area contributed by atoms with E-state index in [1.165, 1.54) is 0 Å². The maximum Gasteiger partial charge on any atom is 0.244 e. The lowest BCUT2D eigenvalue weighted by Gasteiger charge is -2.34. The summed E-state index contributed by atoms with van der Waals surface area (Å²) in [5.74, 6) is -1.42. The van der Waals surface area contributed by atoms with E-state index in [1.54, 1.807) is 16.7 Å². The monoisotopic (exact) mass is 502 g/mol. The molecule has 5 rings (SSSR count). The van der Waals surface area contributed by atoms with E-state index < -0.39 is 22.6 Å². The number of hydrogen-bond acceptors (Lipinski definition) is 7. The number of benzene rings is 1. The number of amides is 3. The normalized spacial score (nSPS) is 32.0. The van der Waals surface area contributed by atoms with Crippen LogP contribution in [0.3, 0.4) is 0 Å². The Balaban J connectivity index is 1.33. The van der Waals surface area contributed by atoms with Crippen molar-refractivity contribution in [1.29, 1.82) is 0 Å². The number of aliphatic hydroxyl groups is 1. The Labute approximate surface area is 209 Å². The molecule has 4 saturated heterocycles. The number of nitrogens with zero attached hydrogens (tertiary/aromatic N) is 2. The SMILES string of the molecule is O=C(NCCN1CCOCC1)C1N(CCCO)C(=O)[C@@H]2[C@@H](C(=O)Nc3ccccc3)[C@H]3CCC12S3. The Morgan fingerprint density at radius 1 is 1.14 bits per heavy atom. The highest BCUT2D eigenvalue weighted by atomic mass is 32.2. The number of para-hydroxylation sites is 1. The number of hydrogen-bond donors (Lipinski definition) is 3. The molecule has 2 bridgehead atoms. The highest BCUT2D eigenvalue weighted by molar-refractivity contribution is 8.02. The molecule has 10 heteroatoms. The third-order valence-corrected chi connectivity index (χ3v) is 9.73. The van der Waals surface area contributed by atoms with E-state index in [1.807, 2.05) is 30.3 Å². The minimum atomic E-state index is -0.624. The summed E-state index contributed by atoms with van der Waals surface area (Å²) in [6.45, 7) is 4.60. The fraction of sp³-hybridized carbons (Fsp3) is 0.640. The molecule has 0 aliphatic carbocycles. The smallest absolute Gasteiger partial charge is 0.244 e. The summed E-state index contributed by atoms with van der Waals surface area (Å²) in [6.07, 6.45) is 1.96. The lowest BCUT2D eigenvalue weighted by molar-refractivity contribution is -0.139. The van der Waals surface area contributed by atoms with Gasteiger partial charge in [0.2, 0.25) is 17.7 Å². The van der Waals surface area contributed by atoms with Crippen LogP contribution in [0.25, 0.3) is 0 Å². The van der Waals surface area contributed by atoms with E-state index in [-0.39, 0.29) is 29.6 Å². The van der Waals surface area contributed by atoms with Gasteiger partial charge in [-0.25, -0.2) is 0 Å². The summed E-state index contributed by atoms with van der Waals surface area (Å²) < 4.78 is 4.79. The van der Waals surface area contributed by atoms with E-state index in [2.05, 4.69) is 15.5 Å². The molecule has 1 aromatic rings. The third-order valence-electron chi connectivity index (χ3n) is 7.78. The molecule has 4 aliphatic heterocycles. The van der Waals surface area contributed by atoms with Crippen molar-refractivity contribution in [3.8, 4) is 0 Å². The molecule has 1 aromatic carbocycles. The number of ether oxygens (including phenoxy) is 1. The van der Waals surface area contributed by atoms with Crippen LogP contribution in [0.4, 0.5) is 5.69 Å². The minimum absolute atomic E-state index is 0.0244. The maximum atomic E-state index is 13.7. The molecule has 4 heterocycles. The second-order valence-corrected chi connectivity index (χ2v) is 11.4. The maximum absolute atomic E-state index is 13.7. The van der Waals surface area contributed by atoms with Gasteiger partial charge in [-0.2, -0.15) is 0 Å². The van der Waals surface area contributed by atoms with Crippen LogP contribution in [0.1, 0.15) is 19.3 Å². The number of morpholine rings is 1. The van der Waals surface area contributed by atoms with Gasteiger partial charge >= 0.3 is 0 Å². The number of carbonyl (C=O) groups excluding carboxylic acids is 3. The van der Waals surface area contributed by atoms with Gasteiger partial charge in [0.05, 0.1) is 29.8 Å². The molecule has 9 nitrogen and oxygen atoms in total. The van der Waals surface area contributed by atoms with E-state index in [0.29, 0.717) is 38.4 Å². The van der Waals surface area contributed by atoms with Crippen molar-refractivity contribution in [1.82, 2.24) is 15.1 Å². The number of anilines is 1. The molecule has 0 saturated carbocycles. The summed E-state index contributed by atoms with van der Waals surface area (Å²) in [7, 11) is 0. The number of aliphatic hydroxyl groups excluding tert-OH is 1. The van der Waals surface area contributed by atoms with Gasteiger partial charge < -0.3 is 25.4 Å². The summed E-state index contributed by atoms with van der Waals surface area (Å²) in [5, 5.41) is 15.5. The van der Waals surface area contributed by atoms with Gasteiger partial charge in [0.25, 0.3) is 0 Å². The van der Waals surface area contributed by atoms with Gasteiger partial charge in [-0.1, -0.05) is 18.2 Å². The van der Waals surface area contributed by atoms with E-state index in [9.17, 15) is 19.5 Å². The van der Waals surface area contributed by atoms with Crippen molar-refractivity contribution in [2.45, 2.75) is 35.3 Å². The van der Waals surface area contributed by atoms with Crippen LogP contribution in [0, 0.1) is 11.8 Å². The molecular formula is C25H34N4O5S. The quantitative estimate of drug-likeness (QED) is 0.452. The zero-order chi connectivity index (χ0) is 24.4. The number of nitrogens with one attached hydrogen (secondary N) is 2. The molecule has 3 N–H and O–H groups in total. The minimum Gasteiger partial charge on any atom is -0.396 e. The Hall–Kier alpha value is -2.14. The number of carbonyl (C=O) groups is 3. The van der Waals surface area contributed by atoms with Gasteiger partial charge in [0.15, 0.2) is 0 Å². The van der Waals surface area contributed by atoms with Gasteiger partial charge in [-0.15, -0.1) is 11.8 Å². The van der Waals surface area contributed by atoms with Crippen LogP contribution in [-0.4, -0.2) is 101 Å². The van der Waals surface area contributed by atoms with E-state index in [0.717, 1.165) is 32.5 Å². The first-order valence-corrected chi connectivity index (χ1v) is 13.5. The summed E-state index contributed by atoms with van der Waals surface area (Å²) in [5.41, 5.74) is 0.708. The van der Waals surface area contributed by atoms with Crippen molar-refractivity contribution in [2.75, 3.05) is 57.9 Å². The standard InChI is InChI=1S/C25H34N4O5S/c30-14-4-10-29-21(23(32)26-9-11-28-12-15-34-16-13-28)25-8-7-18(35-25)19(20(25)24(29)33)22(31)27-17-5-2-1-3-6-17/h1-3,5-6,18-21,30H,4,7-16H2,(H,26,32)(H,27,31)/t18-,19+,20+,21?,25?/m1/s1. The molecule has 5 atom stereocenters. The van der Waals surface area contributed by atoms with Crippen molar-refractivity contribution in [2.24, 2.45) is 11.8 Å². The van der Waals surface area contributed by atoms with Gasteiger partial charge in [0, 0.05) is 50.3 Å². The van der Waals surface area contributed by atoms with Crippen LogP contribution in [0.5, 0.6) is 0 Å². The Morgan fingerprint density at radius 3 is 2.66 bits per heavy atom. The lowest BCUT2D eigenvalue weighted by atomic mass is 9.70. The summed E-state index contributed by atoms with van der Waals surface area (Å²) in [4.78, 5) is 44.6. The predicted octanol–water partition coefficient (Wildman–Crippen LogP) is 0.547. The van der Waals surface area contributed by atoms with Crippen LogP contribution >= 0.6 is 11.8 Å². The lowest BCUT2D eigenvalue weighted by Crippen LogP contribution is -2.54. The first-order valence-electron chi connectivity index (χ1n) is 12.6. The average Bonchev–Trinajstić information content (AvgIpc) is 3.51. The zero-order valence-electron chi connectivity index (χ0n) is 19.9. The fourth-order valence-corrected chi connectivity index (χ4v) is 8.46. The molecule has 190 valence electrons. The number of fused-ring (bicyclic) bond motifs is 1. The molecule has 4 aliphatic rings. The molecule has 1 spiro atoms. The van der Waals surface area contributed by atoms with Gasteiger partial charge in [0.1, 0.15) is 6.04 Å². The van der Waals surface area contributed by atoms with Gasteiger partial charge in [-0.05, 0) is 31.4 Å².